The molecule has 0 bridgehead atoms. The van der Waals surface area contributed by atoms with E-state index in [4.69, 9.17) is 22.9 Å². The van der Waals surface area contributed by atoms with Crippen molar-refractivity contribution in [1.29, 1.82) is 0 Å². The van der Waals surface area contributed by atoms with Gasteiger partial charge in [0.1, 0.15) is 0 Å². The Hall–Kier alpha value is -0.160. The highest BCUT2D eigenvalue weighted by Gasteiger charge is 2.17. The van der Waals surface area contributed by atoms with Gasteiger partial charge in [-0.3, -0.25) is 0 Å². The zero-order valence-corrected chi connectivity index (χ0v) is 7.16. The molecule has 0 fully saturated rings. The third kappa shape index (κ3) is 4.31. The fourth-order valence-electron chi connectivity index (χ4n) is 1.08. The maximum absolute atomic E-state index is 5.50. The number of hydrogen-bond acceptors (Lipinski definition) is 4. The summed E-state index contributed by atoms with van der Waals surface area (Å²) in [7, 11) is 0. The molecule has 0 aliphatic rings. The molecule has 0 atom stereocenters. The van der Waals surface area contributed by atoms with E-state index in [-0.39, 0.29) is 18.2 Å². The molecule has 0 radical (unpaired) electrons. The van der Waals surface area contributed by atoms with E-state index in [0.717, 1.165) is 19.3 Å². The molecule has 0 aromatic heterocycles. The first-order chi connectivity index (χ1) is 5.09. The standard InChI is InChI=1S/C7H20N4/c1-2-3-4-5(6(8)9)7(10)11/h5-7H,2-4,8-11H2,1H3. The highest BCUT2D eigenvalue weighted by molar-refractivity contribution is 4.74. The molecule has 0 aromatic rings. The molecular weight excluding hydrogens is 140 g/mol. The summed E-state index contributed by atoms with van der Waals surface area (Å²) in [6.07, 6.45) is 2.35. The molecule has 0 aliphatic carbocycles. The Kier molecular flexibility index (Phi) is 5.41. The Morgan fingerprint density at radius 3 is 1.73 bits per heavy atom. The van der Waals surface area contributed by atoms with Crippen LogP contribution in [0.4, 0.5) is 0 Å². The fourth-order valence-corrected chi connectivity index (χ4v) is 1.08. The molecule has 0 unspecified atom stereocenters. The second-order valence-electron chi connectivity index (χ2n) is 2.96. The lowest BCUT2D eigenvalue weighted by Crippen LogP contribution is -2.51. The Morgan fingerprint density at radius 2 is 1.45 bits per heavy atom. The van der Waals surface area contributed by atoms with Crippen molar-refractivity contribution in [2.45, 2.75) is 38.5 Å². The Balaban J connectivity index is 3.70. The SMILES string of the molecule is CCCCC(C(N)N)C(N)N. The van der Waals surface area contributed by atoms with Crippen molar-refractivity contribution < 1.29 is 0 Å². The molecule has 4 nitrogen and oxygen atoms in total. The molecule has 0 aromatic carbocycles. The van der Waals surface area contributed by atoms with Gasteiger partial charge in [0.2, 0.25) is 0 Å². The highest BCUT2D eigenvalue weighted by Crippen LogP contribution is 2.09. The molecule has 8 N–H and O–H groups in total. The second kappa shape index (κ2) is 5.49. The van der Waals surface area contributed by atoms with E-state index in [9.17, 15) is 0 Å². The molecule has 0 rings (SSSR count). The zero-order valence-electron chi connectivity index (χ0n) is 7.16. The lowest BCUT2D eigenvalue weighted by molar-refractivity contribution is 0.329. The van der Waals surface area contributed by atoms with Crippen molar-refractivity contribution in [1.82, 2.24) is 0 Å². The summed E-state index contributed by atoms with van der Waals surface area (Å²) in [5.74, 6) is 0.0509. The van der Waals surface area contributed by atoms with Crippen molar-refractivity contribution in [3.05, 3.63) is 0 Å². The van der Waals surface area contributed by atoms with Gasteiger partial charge in [0.05, 0.1) is 12.3 Å². The van der Waals surface area contributed by atoms with Gasteiger partial charge < -0.3 is 22.9 Å². The van der Waals surface area contributed by atoms with Crippen LogP contribution in [-0.2, 0) is 0 Å². The summed E-state index contributed by atoms with van der Waals surface area (Å²) < 4.78 is 0. The van der Waals surface area contributed by atoms with E-state index in [0.29, 0.717) is 0 Å². The molecule has 68 valence electrons. The fraction of sp³-hybridized carbons (Fsp3) is 1.00. The smallest absolute Gasteiger partial charge is 0.0577 e. The maximum Gasteiger partial charge on any atom is 0.0577 e. The van der Waals surface area contributed by atoms with Crippen LogP contribution in [0.25, 0.3) is 0 Å². The van der Waals surface area contributed by atoms with E-state index < -0.39 is 0 Å². The predicted molar refractivity (Wildman–Crippen MR) is 47.3 cm³/mol. The molecule has 0 amide bonds. The average Bonchev–Trinajstić information content (AvgIpc) is 1.87. The molecule has 11 heavy (non-hydrogen) atoms. The van der Waals surface area contributed by atoms with Gasteiger partial charge in [-0.2, -0.15) is 0 Å². The second-order valence-corrected chi connectivity index (χ2v) is 2.96. The maximum atomic E-state index is 5.50. The molecule has 0 heterocycles. The van der Waals surface area contributed by atoms with E-state index in [1.807, 2.05) is 0 Å². The van der Waals surface area contributed by atoms with Gasteiger partial charge >= 0.3 is 0 Å². The molecular formula is C7H20N4. The zero-order chi connectivity index (χ0) is 8.85. The van der Waals surface area contributed by atoms with Crippen LogP contribution in [0.15, 0.2) is 0 Å². The van der Waals surface area contributed by atoms with Crippen LogP contribution in [0.2, 0.25) is 0 Å². The van der Waals surface area contributed by atoms with Gasteiger partial charge in [-0.05, 0) is 6.42 Å². The Morgan fingerprint density at radius 1 is 1.00 bits per heavy atom. The van der Waals surface area contributed by atoms with Gasteiger partial charge in [0, 0.05) is 5.92 Å². The van der Waals surface area contributed by atoms with Crippen molar-refractivity contribution in [2.75, 3.05) is 0 Å². The van der Waals surface area contributed by atoms with Crippen LogP contribution in [0.3, 0.4) is 0 Å². The van der Waals surface area contributed by atoms with E-state index in [2.05, 4.69) is 6.92 Å². The summed E-state index contributed by atoms with van der Waals surface area (Å²) >= 11 is 0. The van der Waals surface area contributed by atoms with Crippen LogP contribution in [0.1, 0.15) is 26.2 Å². The Labute approximate surface area is 68.3 Å². The predicted octanol–water partition coefficient (Wildman–Crippen LogP) is -0.720. The minimum absolute atomic E-state index is 0.0509. The van der Waals surface area contributed by atoms with Crippen LogP contribution in [0, 0.1) is 5.92 Å². The topological polar surface area (TPSA) is 104 Å². The number of unbranched alkanes of at least 4 members (excludes halogenated alkanes) is 1. The van der Waals surface area contributed by atoms with Crippen molar-refractivity contribution >= 4 is 0 Å². The van der Waals surface area contributed by atoms with E-state index in [1.54, 1.807) is 0 Å². The van der Waals surface area contributed by atoms with Crippen molar-refractivity contribution in [2.24, 2.45) is 28.9 Å². The third-order valence-electron chi connectivity index (χ3n) is 1.88. The molecule has 4 heteroatoms. The van der Waals surface area contributed by atoms with Crippen molar-refractivity contribution in [3.8, 4) is 0 Å². The first-order valence-corrected chi connectivity index (χ1v) is 4.12. The van der Waals surface area contributed by atoms with Gasteiger partial charge in [0.25, 0.3) is 0 Å². The van der Waals surface area contributed by atoms with Gasteiger partial charge in [-0.15, -0.1) is 0 Å². The average molecular weight is 160 g/mol. The first-order valence-electron chi connectivity index (χ1n) is 4.12. The molecule has 0 saturated heterocycles. The van der Waals surface area contributed by atoms with Crippen LogP contribution in [-0.4, -0.2) is 12.3 Å². The van der Waals surface area contributed by atoms with E-state index in [1.165, 1.54) is 0 Å². The van der Waals surface area contributed by atoms with Crippen molar-refractivity contribution in [3.63, 3.8) is 0 Å². The summed E-state index contributed by atoms with van der Waals surface area (Å²) in [5, 5.41) is 0. The summed E-state index contributed by atoms with van der Waals surface area (Å²) in [6, 6.07) is 0. The van der Waals surface area contributed by atoms with Gasteiger partial charge in [0.15, 0.2) is 0 Å². The minimum atomic E-state index is -0.387. The molecule has 0 aliphatic heterocycles. The van der Waals surface area contributed by atoms with Gasteiger partial charge in [-0.25, -0.2) is 0 Å². The van der Waals surface area contributed by atoms with E-state index >= 15 is 0 Å². The molecule has 0 spiro atoms. The lowest BCUT2D eigenvalue weighted by atomic mass is 9.97. The summed E-state index contributed by atoms with van der Waals surface area (Å²) in [6.45, 7) is 2.11. The summed E-state index contributed by atoms with van der Waals surface area (Å²) in [4.78, 5) is 0. The number of hydrogen-bond donors (Lipinski definition) is 4. The highest BCUT2D eigenvalue weighted by atomic mass is 14.9. The minimum Gasteiger partial charge on any atom is -0.316 e. The van der Waals surface area contributed by atoms with Crippen LogP contribution in [0.5, 0.6) is 0 Å². The molecule has 0 saturated carbocycles. The van der Waals surface area contributed by atoms with Crippen LogP contribution < -0.4 is 22.9 Å². The first kappa shape index (κ1) is 10.8. The third-order valence-corrected chi connectivity index (χ3v) is 1.88. The lowest BCUT2D eigenvalue weighted by Gasteiger charge is -2.23. The normalized spacial score (nSPS) is 12.0. The number of rotatable bonds is 5. The number of nitrogens with two attached hydrogens (primary N) is 4. The van der Waals surface area contributed by atoms with Gasteiger partial charge in [-0.1, -0.05) is 19.8 Å². The van der Waals surface area contributed by atoms with Crippen LogP contribution >= 0.6 is 0 Å². The largest absolute Gasteiger partial charge is 0.316 e. The quantitative estimate of drug-likeness (QED) is 0.398. The summed E-state index contributed by atoms with van der Waals surface area (Å²) in [5.41, 5.74) is 22.0. The monoisotopic (exact) mass is 160 g/mol. The Bertz CT molecular complexity index is 84.4.